The van der Waals surface area contributed by atoms with Crippen LogP contribution in [0.25, 0.3) is 10.9 Å². The third-order valence-electron chi connectivity index (χ3n) is 5.55. The number of rotatable bonds is 9. The molecule has 2 N–H and O–H groups in total. The maximum Gasteiger partial charge on any atom is 0.326 e. The Kier molecular flexibility index (Phi) is 8.01. The van der Waals surface area contributed by atoms with Crippen LogP contribution in [0, 0.1) is 0 Å². The number of carboxylic acids is 1. The van der Waals surface area contributed by atoms with Gasteiger partial charge in [0, 0.05) is 17.9 Å². The number of para-hydroxylation sites is 1. The van der Waals surface area contributed by atoms with Gasteiger partial charge in [-0.25, -0.2) is 9.78 Å². The number of amides is 1. The van der Waals surface area contributed by atoms with Crippen LogP contribution in [0.2, 0.25) is 10.0 Å². The highest BCUT2D eigenvalue weighted by Crippen LogP contribution is 2.39. The van der Waals surface area contributed by atoms with Gasteiger partial charge in [-0.2, -0.15) is 0 Å². The predicted molar refractivity (Wildman–Crippen MR) is 140 cm³/mol. The maximum absolute atomic E-state index is 12.7. The lowest BCUT2D eigenvalue weighted by Crippen LogP contribution is -2.42. The third-order valence-corrected chi connectivity index (χ3v) is 6.18. The summed E-state index contributed by atoms with van der Waals surface area (Å²) in [6, 6.07) is 17.5. The number of hydrogen-bond acceptors (Lipinski definition) is 6. The van der Waals surface area contributed by atoms with Crippen molar-refractivity contribution in [2.45, 2.75) is 12.5 Å². The van der Waals surface area contributed by atoms with Crippen molar-refractivity contribution in [2.75, 3.05) is 14.2 Å². The highest BCUT2D eigenvalue weighted by molar-refractivity contribution is 6.39. The zero-order valence-corrected chi connectivity index (χ0v) is 21.3. The molecule has 1 heterocycles. The first-order valence-corrected chi connectivity index (χ1v) is 11.8. The van der Waals surface area contributed by atoms with Gasteiger partial charge >= 0.3 is 5.97 Å². The number of fused-ring (bicyclic) bond motifs is 1. The van der Waals surface area contributed by atoms with Crippen molar-refractivity contribution in [3.05, 3.63) is 87.9 Å². The van der Waals surface area contributed by atoms with Crippen LogP contribution in [0.1, 0.15) is 15.9 Å². The third kappa shape index (κ3) is 5.87. The van der Waals surface area contributed by atoms with Crippen molar-refractivity contribution in [3.63, 3.8) is 0 Å². The van der Waals surface area contributed by atoms with E-state index in [1.807, 2.05) is 0 Å². The molecule has 10 heteroatoms. The van der Waals surface area contributed by atoms with Gasteiger partial charge in [0.05, 0.1) is 35.3 Å². The van der Waals surface area contributed by atoms with Gasteiger partial charge in [-0.3, -0.25) is 4.79 Å². The molecule has 4 aromatic rings. The number of ether oxygens (including phenoxy) is 3. The van der Waals surface area contributed by atoms with E-state index in [1.165, 1.54) is 26.4 Å². The molecular formula is C27H22Cl2N2O6. The van der Waals surface area contributed by atoms with Gasteiger partial charge in [0.15, 0.2) is 11.5 Å². The first-order chi connectivity index (χ1) is 17.8. The molecule has 1 amide bonds. The number of carboxylic acid groups (broad SMARTS) is 1. The lowest BCUT2D eigenvalue weighted by Gasteiger charge is -2.16. The highest BCUT2D eigenvalue weighted by Gasteiger charge is 2.24. The van der Waals surface area contributed by atoms with Crippen molar-refractivity contribution in [1.82, 2.24) is 10.3 Å². The Morgan fingerprint density at radius 3 is 2.22 bits per heavy atom. The van der Waals surface area contributed by atoms with E-state index in [4.69, 9.17) is 37.4 Å². The second kappa shape index (κ2) is 11.4. The minimum Gasteiger partial charge on any atom is -0.493 e. The Hall–Kier alpha value is -4.01. The fourth-order valence-electron chi connectivity index (χ4n) is 3.74. The van der Waals surface area contributed by atoms with Crippen LogP contribution in [0.15, 0.2) is 66.7 Å². The molecule has 0 spiro atoms. The van der Waals surface area contributed by atoms with Crippen molar-refractivity contribution in [2.24, 2.45) is 0 Å². The van der Waals surface area contributed by atoms with Crippen molar-refractivity contribution in [3.8, 4) is 23.1 Å². The van der Waals surface area contributed by atoms with E-state index in [-0.39, 0.29) is 22.0 Å². The number of methoxy groups -OCH3 is 2. The van der Waals surface area contributed by atoms with Crippen molar-refractivity contribution >= 4 is 46.0 Å². The van der Waals surface area contributed by atoms with Gasteiger partial charge in [-0.05, 0) is 48.0 Å². The fourth-order valence-corrected chi connectivity index (χ4v) is 4.31. The van der Waals surface area contributed by atoms with Gasteiger partial charge in [0.25, 0.3) is 5.91 Å². The van der Waals surface area contributed by atoms with Gasteiger partial charge in [-0.15, -0.1) is 0 Å². The smallest absolute Gasteiger partial charge is 0.326 e. The topological polar surface area (TPSA) is 107 Å². The van der Waals surface area contributed by atoms with Gasteiger partial charge in [0.1, 0.15) is 6.04 Å². The zero-order chi connectivity index (χ0) is 26.5. The minimum absolute atomic E-state index is 0.0269. The highest BCUT2D eigenvalue weighted by atomic mass is 35.5. The lowest BCUT2D eigenvalue weighted by molar-refractivity contribution is -0.139. The zero-order valence-electron chi connectivity index (χ0n) is 19.8. The average molecular weight is 541 g/mol. The second-order valence-corrected chi connectivity index (χ2v) is 8.75. The standard InChI is InChI=1S/C27H22Cl2N2O6/c1-35-21-7-4-8-22(36-2)25(21)37-23-12-10-16-13-15(9-11-19(16)30-23)14-20(27(33)34)31-26(32)24-17(28)5-3-6-18(24)29/h3-13,20H,14H2,1-2H3,(H,31,32)(H,33,34). The summed E-state index contributed by atoms with van der Waals surface area (Å²) in [6.07, 6.45) is 0.0374. The first-order valence-electron chi connectivity index (χ1n) is 11.1. The lowest BCUT2D eigenvalue weighted by atomic mass is 10.0. The minimum atomic E-state index is -1.20. The molecule has 37 heavy (non-hydrogen) atoms. The molecule has 0 aliphatic carbocycles. The molecule has 0 aliphatic rings. The molecule has 1 unspecified atom stereocenters. The van der Waals surface area contributed by atoms with Crippen molar-refractivity contribution in [1.29, 1.82) is 0 Å². The number of nitrogens with one attached hydrogen (secondary N) is 1. The summed E-state index contributed by atoms with van der Waals surface area (Å²) in [5.74, 6) is -0.138. The largest absolute Gasteiger partial charge is 0.493 e. The average Bonchev–Trinajstić information content (AvgIpc) is 2.88. The van der Waals surface area contributed by atoms with Crippen LogP contribution in [-0.4, -0.2) is 42.2 Å². The monoisotopic (exact) mass is 540 g/mol. The van der Waals surface area contributed by atoms with Gasteiger partial charge in [0.2, 0.25) is 11.6 Å². The van der Waals surface area contributed by atoms with Crippen LogP contribution in [0.3, 0.4) is 0 Å². The molecule has 0 saturated heterocycles. The van der Waals surface area contributed by atoms with Crippen LogP contribution in [-0.2, 0) is 11.2 Å². The summed E-state index contributed by atoms with van der Waals surface area (Å²) >= 11 is 12.2. The van der Waals surface area contributed by atoms with E-state index in [0.29, 0.717) is 34.2 Å². The quantitative estimate of drug-likeness (QED) is 0.277. The summed E-state index contributed by atoms with van der Waals surface area (Å²) < 4.78 is 16.7. The normalized spacial score (nSPS) is 11.6. The summed E-state index contributed by atoms with van der Waals surface area (Å²) in [7, 11) is 3.07. The Bertz CT molecular complexity index is 1430. The van der Waals surface area contributed by atoms with Crippen LogP contribution >= 0.6 is 23.2 Å². The molecule has 0 radical (unpaired) electrons. The number of carbonyl (C=O) groups excluding carboxylic acids is 1. The molecule has 190 valence electrons. The number of halogens is 2. The van der Waals surface area contributed by atoms with Crippen LogP contribution in [0.5, 0.6) is 23.1 Å². The van der Waals surface area contributed by atoms with Gasteiger partial charge < -0.3 is 24.6 Å². The molecule has 1 atom stereocenters. The number of carbonyl (C=O) groups is 2. The molecule has 0 bridgehead atoms. The number of aromatic nitrogens is 1. The van der Waals surface area contributed by atoms with E-state index < -0.39 is 17.9 Å². The van der Waals surface area contributed by atoms with E-state index >= 15 is 0 Å². The summed E-state index contributed by atoms with van der Waals surface area (Å²) in [5.41, 5.74) is 1.35. The Morgan fingerprint density at radius 1 is 0.946 bits per heavy atom. The molecule has 0 aliphatic heterocycles. The summed E-state index contributed by atoms with van der Waals surface area (Å²) in [6.45, 7) is 0. The first kappa shape index (κ1) is 26.1. The Labute approximate surface area is 222 Å². The van der Waals surface area contributed by atoms with Crippen LogP contribution < -0.4 is 19.5 Å². The second-order valence-electron chi connectivity index (χ2n) is 7.94. The number of pyridine rings is 1. The van der Waals surface area contributed by atoms with E-state index in [1.54, 1.807) is 54.6 Å². The Morgan fingerprint density at radius 2 is 1.59 bits per heavy atom. The Balaban J connectivity index is 1.54. The molecule has 0 fully saturated rings. The summed E-state index contributed by atoms with van der Waals surface area (Å²) in [5, 5.41) is 13.2. The molecule has 8 nitrogen and oxygen atoms in total. The number of hydrogen-bond donors (Lipinski definition) is 2. The predicted octanol–water partition coefficient (Wildman–Crippen LogP) is 5.78. The van der Waals surface area contributed by atoms with Crippen molar-refractivity contribution < 1.29 is 28.9 Å². The fraction of sp³-hybridized carbons (Fsp3) is 0.148. The molecule has 0 saturated carbocycles. The maximum atomic E-state index is 12.7. The molecule has 1 aromatic heterocycles. The number of aliphatic carboxylic acids is 1. The SMILES string of the molecule is COc1cccc(OC)c1Oc1ccc2cc(CC(NC(=O)c3c(Cl)cccc3Cl)C(=O)O)ccc2n1. The molecule has 4 rings (SSSR count). The number of benzene rings is 3. The van der Waals surface area contributed by atoms with E-state index in [9.17, 15) is 14.7 Å². The summed E-state index contributed by atoms with van der Waals surface area (Å²) in [4.78, 5) is 29.1. The molecule has 3 aromatic carbocycles. The van der Waals surface area contributed by atoms with Gasteiger partial charge in [-0.1, -0.05) is 41.4 Å². The molecular weight excluding hydrogens is 519 g/mol. The van der Waals surface area contributed by atoms with Crippen LogP contribution in [0.4, 0.5) is 0 Å². The number of nitrogens with zero attached hydrogens (tertiary/aromatic N) is 1. The van der Waals surface area contributed by atoms with E-state index in [0.717, 1.165) is 5.39 Å². The van der Waals surface area contributed by atoms with E-state index in [2.05, 4.69) is 10.3 Å².